The lowest BCUT2D eigenvalue weighted by Crippen LogP contribution is -2.35. The van der Waals surface area contributed by atoms with Crippen LogP contribution in [0.5, 0.6) is 0 Å². The second kappa shape index (κ2) is 9.76. The van der Waals surface area contributed by atoms with Gasteiger partial charge in [-0.25, -0.2) is 8.42 Å². The van der Waals surface area contributed by atoms with Crippen LogP contribution in [0.2, 0.25) is 0 Å². The Morgan fingerprint density at radius 3 is 2.18 bits per heavy atom. The molecule has 0 bridgehead atoms. The van der Waals surface area contributed by atoms with Gasteiger partial charge in [-0.15, -0.1) is 0 Å². The zero-order valence-electron chi connectivity index (χ0n) is 18.4. The zero-order chi connectivity index (χ0) is 24.1. The maximum atomic E-state index is 12.8. The molecule has 0 aliphatic rings. The molecule has 0 saturated heterocycles. The minimum Gasteiger partial charge on any atom is -0.332 e. The van der Waals surface area contributed by atoms with Crippen molar-refractivity contribution in [2.75, 3.05) is 23.6 Å². The van der Waals surface area contributed by atoms with Crippen LogP contribution >= 0.6 is 0 Å². The molecule has 172 valence electrons. The van der Waals surface area contributed by atoms with Gasteiger partial charge in [-0.2, -0.15) is 0 Å². The largest absolute Gasteiger partial charge is 0.332 e. The van der Waals surface area contributed by atoms with Gasteiger partial charge in [0.2, 0.25) is 5.91 Å². The van der Waals surface area contributed by atoms with Gasteiger partial charge in [0.1, 0.15) is 0 Å². The Hall–Kier alpha value is -4.17. The van der Waals surface area contributed by atoms with Gasteiger partial charge in [0, 0.05) is 29.4 Å². The van der Waals surface area contributed by atoms with E-state index in [2.05, 4.69) is 10.0 Å². The van der Waals surface area contributed by atoms with E-state index in [9.17, 15) is 18.0 Å². The van der Waals surface area contributed by atoms with E-state index in [1.54, 1.807) is 30.3 Å². The quantitative estimate of drug-likeness (QED) is 0.417. The number of likely N-dealkylation sites (N-methyl/N-ethyl adjacent to an activating group) is 1. The summed E-state index contributed by atoms with van der Waals surface area (Å²) in [5.74, 6) is -0.730. The van der Waals surface area contributed by atoms with Crippen LogP contribution in [0, 0.1) is 0 Å². The van der Waals surface area contributed by atoms with Crippen LogP contribution < -0.4 is 10.0 Å². The van der Waals surface area contributed by atoms with Crippen molar-refractivity contribution in [2.45, 2.75) is 4.90 Å². The molecular weight excluding hydrogens is 450 g/mol. The maximum absolute atomic E-state index is 12.8. The molecule has 0 aliphatic carbocycles. The van der Waals surface area contributed by atoms with Crippen LogP contribution in [0.25, 0.3) is 10.8 Å². The molecule has 0 atom stereocenters. The number of nitrogens with zero attached hydrogens (tertiary/aromatic N) is 1. The fourth-order valence-electron chi connectivity index (χ4n) is 3.53. The van der Waals surface area contributed by atoms with E-state index in [-0.39, 0.29) is 22.9 Å². The summed E-state index contributed by atoms with van der Waals surface area (Å²) in [7, 11) is -2.27. The van der Waals surface area contributed by atoms with Crippen LogP contribution in [0.4, 0.5) is 11.4 Å². The molecule has 4 rings (SSSR count). The van der Waals surface area contributed by atoms with E-state index in [4.69, 9.17) is 0 Å². The first kappa shape index (κ1) is 23.0. The lowest BCUT2D eigenvalue weighted by atomic mass is 10.1. The number of anilines is 2. The molecule has 4 aromatic rings. The van der Waals surface area contributed by atoms with Gasteiger partial charge in [-0.05, 0) is 47.9 Å². The van der Waals surface area contributed by atoms with Crippen molar-refractivity contribution in [1.29, 1.82) is 0 Å². The second-order valence-corrected chi connectivity index (χ2v) is 9.41. The summed E-state index contributed by atoms with van der Waals surface area (Å²) in [5, 5.41) is 4.77. The lowest BCUT2D eigenvalue weighted by molar-refractivity contribution is -0.116. The highest BCUT2D eigenvalue weighted by molar-refractivity contribution is 7.92. The summed E-state index contributed by atoms with van der Waals surface area (Å²) >= 11 is 0. The number of sulfonamides is 1. The molecule has 4 aromatic carbocycles. The van der Waals surface area contributed by atoms with Gasteiger partial charge in [-0.3, -0.25) is 14.3 Å². The minimum absolute atomic E-state index is 0.0317. The van der Waals surface area contributed by atoms with Gasteiger partial charge in [0.05, 0.1) is 11.4 Å². The topological polar surface area (TPSA) is 95.6 Å². The number of carbonyl (C=O) groups excluding carboxylic acids is 2. The molecule has 0 aliphatic heterocycles. The number of carbonyl (C=O) groups is 2. The van der Waals surface area contributed by atoms with Gasteiger partial charge in [-0.1, -0.05) is 54.6 Å². The van der Waals surface area contributed by atoms with Crippen molar-refractivity contribution in [3.63, 3.8) is 0 Å². The summed E-state index contributed by atoms with van der Waals surface area (Å²) in [6.45, 7) is -0.155. The maximum Gasteiger partial charge on any atom is 0.261 e. The Bertz CT molecular complexity index is 1430. The van der Waals surface area contributed by atoms with Crippen LogP contribution in [-0.2, 0) is 14.8 Å². The van der Waals surface area contributed by atoms with Crippen molar-refractivity contribution >= 4 is 44.0 Å². The fourth-order valence-corrected chi connectivity index (χ4v) is 4.59. The Balaban J connectivity index is 1.41. The third-order valence-corrected chi connectivity index (χ3v) is 6.63. The summed E-state index contributed by atoms with van der Waals surface area (Å²) in [5.41, 5.74) is 1.39. The third-order valence-electron chi connectivity index (χ3n) is 5.23. The average molecular weight is 474 g/mol. The van der Waals surface area contributed by atoms with Crippen LogP contribution in [0.1, 0.15) is 10.4 Å². The molecule has 0 heterocycles. The van der Waals surface area contributed by atoms with E-state index >= 15 is 0 Å². The normalized spacial score (nSPS) is 11.1. The highest BCUT2D eigenvalue weighted by Crippen LogP contribution is 2.23. The summed E-state index contributed by atoms with van der Waals surface area (Å²) < 4.78 is 27.6. The molecule has 2 N–H and O–H groups in total. The molecule has 0 saturated carbocycles. The number of benzene rings is 4. The fraction of sp³-hybridized carbons (Fsp3) is 0.0769. The SMILES string of the molecule is CN(CC(=O)Nc1cccc2ccccc12)C(=O)c1ccc(S(=O)(=O)Nc2ccccc2)cc1. The van der Waals surface area contributed by atoms with Crippen LogP contribution in [-0.4, -0.2) is 38.7 Å². The Kier molecular flexibility index (Phi) is 6.60. The smallest absolute Gasteiger partial charge is 0.261 e. The molecule has 0 unspecified atom stereocenters. The summed E-state index contributed by atoms with van der Waals surface area (Å²) in [6, 6.07) is 27.5. The minimum atomic E-state index is -3.79. The molecule has 34 heavy (non-hydrogen) atoms. The van der Waals surface area contributed by atoms with Crippen molar-refractivity contribution < 1.29 is 18.0 Å². The summed E-state index contributed by atoms with van der Waals surface area (Å²) in [4.78, 5) is 26.7. The van der Waals surface area contributed by atoms with E-state index < -0.39 is 15.9 Å². The summed E-state index contributed by atoms with van der Waals surface area (Å²) in [6.07, 6.45) is 0. The number of fused-ring (bicyclic) bond motifs is 1. The number of rotatable bonds is 7. The van der Waals surface area contributed by atoms with Gasteiger partial charge < -0.3 is 10.2 Å². The second-order valence-electron chi connectivity index (χ2n) is 7.73. The average Bonchev–Trinajstić information content (AvgIpc) is 2.84. The standard InChI is InChI=1S/C26H23N3O4S/c1-29(18-25(30)27-24-13-7-9-19-8-5-6-12-23(19)24)26(31)20-14-16-22(17-15-20)34(32,33)28-21-10-3-2-4-11-21/h2-17,28H,18H2,1H3,(H,27,30). The van der Waals surface area contributed by atoms with Crippen molar-refractivity contribution in [2.24, 2.45) is 0 Å². The monoisotopic (exact) mass is 473 g/mol. The number of hydrogen-bond acceptors (Lipinski definition) is 4. The van der Waals surface area contributed by atoms with Gasteiger partial charge >= 0.3 is 0 Å². The van der Waals surface area contributed by atoms with Gasteiger partial charge in [0.15, 0.2) is 0 Å². The van der Waals surface area contributed by atoms with Gasteiger partial charge in [0.25, 0.3) is 15.9 Å². The Labute approximate surface area is 198 Å². The van der Waals surface area contributed by atoms with E-state index in [0.717, 1.165) is 10.8 Å². The number of para-hydroxylation sites is 1. The third kappa shape index (κ3) is 5.24. The predicted molar refractivity (Wildman–Crippen MR) is 133 cm³/mol. The molecule has 8 heteroatoms. The van der Waals surface area contributed by atoms with Crippen molar-refractivity contribution in [1.82, 2.24) is 4.90 Å². The van der Waals surface area contributed by atoms with E-state index in [1.807, 2.05) is 42.5 Å². The van der Waals surface area contributed by atoms with E-state index in [0.29, 0.717) is 11.4 Å². The number of nitrogens with one attached hydrogen (secondary N) is 2. The number of amides is 2. The first-order chi connectivity index (χ1) is 16.3. The molecule has 0 aromatic heterocycles. The van der Waals surface area contributed by atoms with Crippen molar-refractivity contribution in [3.8, 4) is 0 Å². The number of hydrogen-bond donors (Lipinski definition) is 2. The van der Waals surface area contributed by atoms with E-state index in [1.165, 1.54) is 36.2 Å². The highest BCUT2D eigenvalue weighted by Gasteiger charge is 2.18. The lowest BCUT2D eigenvalue weighted by Gasteiger charge is -2.17. The molecule has 0 fully saturated rings. The highest BCUT2D eigenvalue weighted by atomic mass is 32.2. The Morgan fingerprint density at radius 1 is 0.794 bits per heavy atom. The first-order valence-corrected chi connectivity index (χ1v) is 12.0. The molecule has 7 nitrogen and oxygen atoms in total. The van der Waals surface area contributed by atoms with Crippen LogP contribution in [0.15, 0.2) is 102 Å². The molecule has 0 radical (unpaired) electrons. The molecular formula is C26H23N3O4S. The predicted octanol–water partition coefficient (Wildman–Crippen LogP) is 4.35. The molecule has 0 spiro atoms. The molecule has 2 amide bonds. The zero-order valence-corrected chi connectivity index (χ0v) is 19.2. The van der Waals surface area contributed by atoms with Crippen LogP contribution in [0.3, 0.4) is 0 Å². The Morgan fingerprint density at radius 2 is 1.44 bits per heavy atom. The van der Waals surface area contributed by atoms with Crippen molar-refractivity contribution in [3.05, 3.63) is 103 Å². The first-order valence-electron chi connectivity index (χ1n) is 10.5.